The van der Waals surface area contributed by atoms with E-state index in [1.54, 1.807) is 41.6 Å². The number of aromatic nitrogens is 1. The number of aliphatic hydroxyl groups excluding tert-OH is 1. The molecule has 2 heterocycles. The Labute approximate surface area is 146 Å². The minimum Gasteiger partial charge on any atom is -0.388 e. The lowest BCUT2D eigenvalue weighted by atomic mass is 9.87. The Kier molecular flexibility index (Phi) is 5.56. The topological polar surface area (TPSA) is 53.4 Å². The molecule has 5 heteroatoms. The Morgan fingerprint density at radius 2 is 1.96 bits per heavy atom. The Bertz CT molecular complexity index is 723. The maximum atomic E-state index is 13.0. The number of carbonyl (C=O) groups is 1. The van der Waals surface area contributed by atoms with Crippen LogP contribution in [0.15, 0.2) is 54.9 Å². The second-order valence-electron chi connectivity index (χ2n) is 6.28. The van der Waals surface area contributed by atoms with Gasteiger partial charge in [-0.15, -0.1) is 0 Å². The van der Waals surface area contributed by atoms with Crippen molar-refractivity contribution in [1.82, 2.24) is 9.88 Å². The molecule has 1 N–H and O–H groups in total. The fraction of sp³-hybridized carbons (Fsp3) is 0.300. The zero-order valence-electron chi connectivity index (χ0n) is 13.9. The maximum Gasteiger partial charge on any atom is 0.246 e. The molecule has 1 amide bonds. The fourth-order valence-electron chi connectivity index (χ4n) is 3.12. The number of piperidine rings is 1. The zero-order chi connectivity index (χ0) is 17.6. The third kappa shape index (κ3) is 4.51. The van der Waals surface area contributed by atoms with E-state index >= 15 is 0 Å². The number of benzene rings is 1. The van der Waals surface area contributed by atoms with E-state index in [-0.39, 0.29) is 17.6 Å². The highest BCUT2D eigenvalue weighted by atomic mass is 19.1. The van der Waals surface area contributed by atoms with Crippen LogP contribution < -0.4 is 0 Å². The summed E-state index contributed by atoms with van der Waals surface area (Å²) in [4.78, 5) is 18.1. The van der Waals surface area contributed by atoms with Gasteiger partial charge in [-0.3, -0.25) is 9.78 Å². The molecule has 0 bridgehead atoms. The Morgan fingerprint density at radius 3 is 2.60 bits per heavy atom. The minimum absolute atomic E-state index is 0.0291. The number of halogens is 1. The lowest BCUT2D eigenvalue weighted by Gasteiger charge is -2.34. The van der Waals surface area contributed by atoms with Crippen molar-refractivity contribution in [2.24, 2.45) is 5.92 Å². The highest BCUT2D eigenvalue weighted by Gasteiger charge is 2.27. The summed E-state index contributed by atoms with van der Waals surface area (Å²) in [7, 11) is 0. The number of pyridine rings is 1. The van der Waals surface area contributed by atoms with Crippen molar-refractivity contribution in [3.8, 4) is 0 Å². The van der Waals surface area contributed by atoms with Gasteiger partial charge >= 0.3 is 0 Å². The van der Waals surface area contributed by atoms with Crippen LogP contribution in [0, 0.1) is 11.7 Å². The van der Waals surface area contributed by atoms with E-state index in [1.807, 2.05) is 12.1 Å². The SMILES string of the molecule is O=C(/C=C/c1cccnc1)N1CCC([C@H](O)c2ccc(F)cc2)CC1. The molecule has 1 aromatic carbocycles. The number of hydrogen-bond donors (Lipinski definition) is 1. The van der Waals surface area contributed by atoms with Crippen LogP contribution in [-0.4, -0.2) is 34.0 Å². The van der Waals surface area contributed by atoms with Gasteiger partial charge < -0.3 is 10.0 Å². The van der Waals surface area contributed by atoms with Crippen molar-refractivity contribution in [1.29, 1.82) is 0 Å². The Hall–Kier alpha value is -2.53. The van der Waals surface area contributed by atoms with E-state index < -0.39 is 6.10 Å². The smallest absolute Gasteiger partial charge is 0.246 e. The van der Waals surface area contributed by atoms with Crippen LogP contribution in [0.4, 0.5) is 4.39 Å². The number of hydrogen-bond acceptors (Lipinski definition) is 3. The van der Waals surface area contributed by atoms with Crippen molar-refractivity contribution in [2.75, 3.05) is 13.1 Å². The average molecular weight is 340 g/mol. The van der Waals surface area contributed by atoms with Gasteiger partial charge in [-0.1, -0.05) is 18.2 Å². The second-order valence-corrected chi connectivity index (χ2v) is 6.28. The quantitative estimate of drug-likeness (QED) is 0.870. The first kappa shape index (κ1) is 17.3. The van der Waals surface area contributed by atoms with Crippen molar-refractivity contribution in [3.05, 3.63) is 71.8 Å². The second kappa shape index (κ2) is 8.03. The molecule has 0 aliphatic carbocycles. The first-order valence-corrected chi connectivity index (χ1v) is 8.44. The van der Waals surface area contributed by atoms with Gasteiger partial charge in [-0.2, -0.15) is 0 Å². The number of aliphatic hydroxyl groups is 1. The molecule has 1 aliphatic rings. The van der Waals surface area contributed by atoms with E-state index in [1.165, 1.54) is 12.1 Å². The van der Waals surface area contributed by atoms with E-state index in [2.05, 4.69) is 4.98 Å². The first-order chi connectivity index (χ1) is 12.1. The van der Waals surface area contributed by atoms with Crippen LogP contribution >= 0.6 is 0 Å². The summed E-state index contributed by atoms with van der Waals surface area (Å²) < 4.78 is 13.0. The molecular weight excluding hydrogens is 319 g/mol. The Morgan fingerprint density at radius 1 is 1.24 bits per heavy atom. The van der Waals surface area contributed by atoms with E-state index in [0.29, 0.717) is 13.1 Å². The van der Waals surface area contributed by atoms with Crippen LogP contribution in [0.2, 0.25) is 0 Å². The summed E-state index contributed by atoms with van der Waals surface area (Å²) in [6, 6.07) is 9.68. The molecule has 0 radical (unpaired) electrons. The molecule has 2 aromatic rings. The molecule has 1 atom stereocenters. The molecule has 4 nitrogen and oxygen atoms in total. The van der Waals surface area contributed by atoms with Gasteiger partial charge in [0, 0.05) is 31.6 Å². The molecule has 1 aromatic heterocycles. The first-order valence-electron chi connectivity index (χ1n) is 8.44. The summed E-state index contributed by atoms with van der Waals surface area (Å²) in [5, 5.41) is 10.5. The van der Waals surface area contributed by atoms with Gasteiger partial charge in [0.2, 0.25) is 5.91 Å². The van der Waals surface area contributed by atoms with Crippen molar-refractivity contribution in [2.45, 2.75) is 18.9 Å². The number of amides is 1. The van der Waals surface area contributed by atoms with Gasteiger partial charge in [-0.05, 0) is 54.2 Å². The normalized spacial score (nSPS) is 17.0. The third-order valence-corrected chi connectivity index (χ3v) is 4.61. The molecule has 0 unspecified atom stereocenters. The average Bonchev–Trinajstić information content (AvgIpc) is 2.67. The predicted octanol–water partition coefficient (Wildman–Crippen LogP) is 3.21. The number of carbonyl (C=O) groups excluding carboxylic acids is 1. The predicted molar refractivity (Wildman–Crippen MR) is 93.9 cm³/mol. The van der Waals surface area contributed by atoms with Crippen LogP contribution in [0.25, 0.3) is 6.08 Å². The van der Waals surface area contributed by atoms with Crippen molar-refractivity contribution < 1.29 is 14.3 Å². The number of likely N-dealkylation sites (tertiary alicyclic amines) is 1. The summed E-state index contributed by atoms with van der Waals surface area (Å²) >= 11 is 0. The van der Waals surface area contributed by atoms with Crippen molar-refractivity contribution >= 4 is 12.0 Å². The van der Waals surface area contributed by atoms with Gasteiger partial charge in [0.15, 0.2) is 0 Å². The van der Waals surface area contributed by atoms with Gasteiger partial charge in [-0.25, -0.2) is 4.39 Å². The highest BCUT2D eigenvalue weighted by molar-refractivity contribution is 5.91. The molecule has 1 fully saturated rings. The monoisotopic (exact) mass is 340 g/mol. The largest absolute Gasteiger partial charge is 0.388 e. The molecule has 25 heavy (non-hydrogen) atoms. The molecule has 130 valence electrons. The van der Waals surface area contributed by atoms with E-state index in [0.717, 1.165) is 24.0 Å². The lowest BCUT2D eigenvalue weighted by Crippen LogP contribution is -2.38. The molecule has 0 saturated carbocycles. The van der Waals surface area contributed by atoms with Gasteiger partial charge in [0.1, 0.15) is 5.82 Å². The highest BCUT2D eigenvalue weighted by Crippen LogP contribution is 2.30. The number of rotatable bonds is 4. The molecule has 0 spiro atoms. The van der Waals surface area contributed by atoms with Gasteiger partial charge in [0.25, 0.3) is 0 Å². The van der Waals surface area contributed by atoms with Crippen molar-refractivity contribution in [3.63, 3.8) is 0 Å². The number of nitrogens with zero attached hydrogens (tertiary/aromatic N) is 2. The maximum absolute atomic E-state index is 13.0. The van der Waals surface area contributed by atoms with E-state index in [4.69, 9.17) is 0 Å². The third-order valence-electron chi connectivity index (χ3n) is 4.61. The molecular formula is C20H21FN2O2. The molecule has 1 aliphatic heterocycles. The van der Waals surface area contributed by atoms with Crippen LogP contribution in [0.5, 0.6) is 0 Å². The summed E-state index contributed by atoms with van der Waals surface area (Å²) in [5.74, 6) is -0.257. The summed E-state index contributed by atoms with van der Waals surface area (Å²) in [5.41, 5.74) is 1.61. The van der Waals surface area contributed by atoms with Crippen LogP contribution in [0.1, 0.15) is 30.1 Å². The summed E-state index contributed by atoms with van der Waals surface area (Å²) in [6.07, 6.45) is 7.55. The minimum atomic E-state index is -0.621. The Balaban J connectivity index is 1.53. The zero-order valence-corrected chi connectivity index (χ0v) is 13.9. The molecule has 1 saturated heterocycles. The lowest BCUT2D eigenvalue weighted by molar-refractivity contribution is -0.127. The standard InChI is InChI=1S/C20H21FN2O2/c21-18-6-4-16(5-7-18)20(25)17-9-12-23(13-10-17)19(24)8-3-15-2-1-11-22-14-15/h1-8,11,14,17,20,25H,9-10,12-13H2/b8-3+/t20-/m1/s1. The molecule has 3 rings (SSSR count). The van der Waals surface area contributed by atoms with Crippen LogP contribution in [-0.2, 0) is 4.79 Å². The summed E-state index contributed by atoms with van der Waals surface area (Å²) in [6.45, 7) is 1.22. The van der Waals surface area contributed by atoms with Crippen LogP contribution in [0.3, 0.4) is 0 Å². The fourth-order valence-corrected chi connectivity index (χ4v) is 3.12. The van der Waals surface area contributed by atoms with E-state index in [9.17, 15) is 14.3 Å². The van der Waals surface area contributed by atoms with Gasteiger partial charge in [0.05, 0.1) is 6.10 Å².